The van der Waals surface area contributed by atoms with Crippen LogP contribution >= 0.6 is 0 Å². The first-order valence-corrected chi connectivity index (χ1v) is 12.0. The number of amides is 3. The van der Waals surface area contributed by atoms with Gasteiger partial charge in [-0.25, -0.2) is 4.98 Å². The highest BCUT2D eigenvalue weighted by Gasteiger charge is 2.48. The van der Waals surface area contributed by atoms with Crippen molar-refractivity contribution in [3.05, 3.63) is 83.4 Å². The second-order valence-electron chi connectivity index (χ2n) is 8.97. The molecule has 0 saturated heterocycles. The maximum atomic E-state index is 13.6. The van der Waals surface area contributed by atoms with E-state index in [1.54, 1.807) is 16.4 Å². The van der Waals surface area contributed by atoms with Gasteiger partial charge in [0.2, 0.25) is 5.91 Å². The van der Waals surface area contributed by atoms with Crippen LogP contribution in [0.4, 0.5) is 5.69 Å². The van der Waals surface area contributed by atoms with Gasteiger partial charge in [0, 0.05) is 18.8 Å². The Morgan fingerprint density at radius 2 is 1.74 bits per heavy atom. The number of nitrogens with one attached hydrogen (secondary N) is 2. The third-order valence-corrected chi connectivity index (χ3v) is 6.43. The van der Waals surface area contributed by atoms with Crippen LogP contribution in [0.25, 0.3) is 0 Å². The molecule has 0 saturated carbocycles. The van der Waals surface area contributed by atoms with Gasteiger partial charge in [0.1, 0.15) is 11.2 Å². The van der Waals surface area contributed by atoms with Gasteiger partial charge in [-0.05, 0) is 43.0 Å². The van der Waals surface area contributed by atoms with Crippen molar-refractivity contribution in [1.29, 1.82) is 0 Å². The maximum absolute atomic E-state index is 13.6. The smallest absolute Gasteiger partial charge is 0.276 e. The number of rotatable bonds is 8. The van der Waals surface area contributed by atoms with Crippen LogP contribution < -0.4 is 10.6 Å². The monoisotopic (exact) mass is 473 g/mol. The van der Waals surface area contributed by atoms with Gasteiger partial charge in [-0.15, -0.1) is 0 Å². The predicted molar refractivity (Wildman–Crippen MR) is 134 cm³/mol. The molecule has 1 unspecified atom stereocenters. The van der Waals surface area contributed by atoms with Gasteiger partial charge >= 0.3 is 0 Å². The van der Waals surface area contributed by atoms with E-state index in [1.165, 1.54) is 6.33 Å². The highest BCUT2D eigenvalue weighted by molar-refractivity contribution is 6.11. The number of carbonyl (C=O) groups is 3. The molecule has 0 fully saturated rings. The molecule has 182 valence electrons. The molecule has 0 radical (unpaired) electrons. The Kier molecular flexibility index (Phi) is 7.00. The number of aromatic nitrogens is 2. The molecule has 8 heteroatoms. The number of hydrogen-bond donors (Lipinski definition) is 2. The molecule has 1 aliphatic heterocycles. The molecule has 0 spiro atoms. The number of aryl methyl sites for hydroxylation is 1. The molecule has 1 aromatic heterocycles. The van der Waals surface area contributed by atoms with Crippen LogP contribution in [0.1, 0.15) is 59.3 Å². The van der Waals surface area contributed by atoms with Crippen LogP contribution in [0.3, 0.4) is 0 Å². The van der Waals surface area contributed by atoms with E-state index >= 15 is 0 Å². The molecule has 3 amide bonds. The standard InChI is InChI=1S/C27H31N5O3/c1-4-15-32-25(34)23-22(24(33)30-21-13-11-19(5-2)12-14-21)29-18-31(23)17-27(32,3)26(35)28-16-20-9-7-6-8-10-20/h6-14,18H,4-5,15-17H2,1-3H3,(H,28,35)(H,30,33). The first-order valence-electron chi connectivity index (χ1n) is 12.0. The van der Waals surface area contributed by atoms with Gasteiger partial charge in [0.05, 0.1) is 12.9 Å². The Bertz CT molecular complexity index is 1220. The molecule has 3 aromatic rings. The second-order valence-corrected chi connectivity index (χ2v) is 8.97. The minimum absolute atomic E-state index is 0.0578. The molecule has 2 N–H and O–H groups in total. The molecule has 8 nitrogen and oxygen atoms in total. The molecule has 35 heavy (non-hydrogen) atoms. The Morgan fingerprint density at radius 3 is 2.40 bits per heavy atom. The summed E-state index contributed by atoms with van der Waals surface area (Å²) >= 11 is 0. The second kappa shape index (κ2) is 10.1. The van der Waals surface area contributed by atoms with E-state index in [0.29, 0.717) is 25.2 Å². The minimum Gasteiger partial charge on any atom is -0.350 e. The zero-order chi connectivity index (χ0) is 25.0. The number of imidazole rings is 1. The first kappa shape index (κ1) is 24.2. The fraction of sp³-hybridized carbons (Fsp3) is 0.333. The van der Waals surface area contributed by atoms with Crippen molar-refractivity contribution in [1.82, 2.24) is 19.8 Å². The van der Waals surface area contributed by atoms with E-state index in [1.807, 2.05) is 61.5 Å². The lowest BCUT2D eigenvalue weighted by Crippen LogP contribution is -2.64. The van der Waals surface area contributed by atoms with E-state index in [0.717, 1.165) is 17.5 Å². The summed E-state index contributed by atoms with van der Waals surface area (Å²) in [5, 5.41) is 5.80. The lowest BCUT2D eigenvalue weighted by atomic mass is 9.94. The average Bonchev–Trinajstić information content (AvgIpc) is 3.30. The highest BCUT2D eigenvalue weighted by Crippen LogP contribution is 2.29. The molecule has 2 aromatic carbocycles. The van der Waals surface area contributed by atoms with E-state index in [2.05, 4.69) is 22.5 Å². The van der Waals surface area contributed by atoms with Crippen LogP contribution in [0.15, 0.2) is 60.9 Å². The lowest BCUT2D eigenvalue weighted by Gasteiger charge is -2.43. The number of carbonyl (C=O) groups excluding carboxylic acids is 3. The zero-order valence-electron chi connectivity index (χ0n) is 20.4. The normalized spacial score (nSPS) is 17.1. The van der Waals surface area contributed by atoms with Gasteiger partial charge < -0.3 is 20.1 Å². The van der Waals surface area contributed by atoms with E-state index in [-0.39, 0.29) is 29.7 Å². The van der Waals surface area contributed by atoms with Gasteiger partial charge in [0.15, 0.2) is 5.69 Å². The highest BCUT2D eigenvalue weighted by atomic mass is 16.2. The van der Waals surface area contributed by atoms with Crippen molar-refractivity contribution >= 4 is 23.4 Å². The minimum atomic E-state index is -1.11. The van der Waals surface area contributed by atoms with Gasteiger partial charge in [-0.2, -0.15) is 0 Å². The fourth-order valence-corrected chi connectivity index (χ4v) is 4.41. The van der Waals surface area contributed by atoms with Crippen molar-refractivity contribution in [2.24, 2.45) is 0 Å². The van der Waals surface area contributed by atoms with Crippen molar-refractivity contribution in [2.75, 3.05) is 11.9 Å². The molecule has 0 aliphatic carbocycles. The molecular weight excluding hydrogens is 442 g/mol. The largest absolute Gasteiger partial charge is 0.350 e. The number of hydrogen-bond acceptors (Lipinski definition) is 4. The van der Waals surface area contributed by atoms with Crippen LogP contribution in [0, 0.1) is 0 Å². The lowest BCUT2D eigenvalue weighted by molar-refractivity contribution is -0.133. The van der Waals surface area contributed by atoms with Gasteiger partial charge in [-0.3, -0.25) is 14.4 Å². The van der Waals surface area contributed by atoms with Crippen molar-refractivity contribution in [2.45, 2.75) is 52.2 Å². The van der Waals surface area contributed by atoms with E-state index in [4.69, 9.17) is 0 Å². The summed E-state index contributed by atoms with van der Waals surface area (Å²) in [5.41, 5.74) is 1.92. The Hall–Kier alpha value is -3.94. The summed E-state index contributed by atoms with van der Waals surface area (Å²) in [6, 6.07) is 17.2. The third kappa shape index (κ3) is 4.82. The van der Waals surface area contributed by atoms with Crippen LogP contribution in [0.5, 0.6) is 0 Å². The fourth-order valence-electron chi connectivity index (χ4n) is 4.41. The number of anilines is 1. The SMILES string of the molecule is CCCN1C(=O)c2c(C(=O)Nc3ccc(CC)cc3)ncn2CC1(C)C(=O)NCc1ccccc1. The van der Waals surface area contributed by atoms with E-state index in [9.17, 15) is 14.4 Å². The quantitative estimate of drug-likeness (QED) is 0.522. The summed E-state index contributed by atoms with van der Waals surface area (Å²) in [6.45, 7) is 6.74. The van der Waals surface area contributed by atoms with E-state index < -0.39 is 11.4 Å². The number of benzene rings is 2. The Morgan fingerprint density at radius 1 is 1.03 bits per heavy atom. The summed E-state index contributed by atoms with van der Waals surface area (Å²) in [7, 11) is 0. The summed E-state index contributed by atoms with van der Waals surface area (Å²) in [4.78, 5) is 45.8. The Balaban J connectivity index is 1.57. The van der Waals surface area contributed by atoms with Crippen LogP contribution in [-0.2, 0) is 24.3 Å². The summed E-state index contributed by atoms with van der Waals surface area (Å²) in [6.07, 6.45) is 3.04. The molecule has 1 atom stereocenters. The van der Waals surface area contributed by atoms with Gasteiger partial charge in [-0.1, -0.05) is 56.3 Å². The molecule has 1 aliphatic rings. The number of nitrogens with zero attached hydrogens (tertiary/aromatic N) is 3. The Labute approximate surface area is 205 Å². The van der Waals surface area contributed by atoms with Crippen molar-refractivity contribution < 1.29 is 14.4 Å². The molecular formula is C27H31N5O3. The topological polar surface area (TPSA) is 96.3 Å². The zero-order valence-corrected chi connectivity index (χ0v) is 20.4. The predicted octanol–water partition coefficient (Wildman–Crippen LogP) is 3.64. The van der Waals surface area contributed by atoms with Crippen LogP contribution in [0.2, 0.25) is 0 Å². The summed E-state index contributed by atoms with van der Waals surface area (Å²) < 4.78 is 1.62. The molecule has 4 rings (SSSR count). The van der Waals surface area contributed by atoms with Crippen molar-refractivity contribution in [3.63, 3.8) is 0 Å². The number of fused-ring (bicyclic) bond motifs is 1. The average molecular weight is 474 g/mol. The summed E-state index contributed by atoms with van der Waals surface area (Å²) in [5.74, 6) is -1.08. The van der Waals surface area contributed by atoms with Crippen LogP contribution in [-0.4, -0.2) is 44.3 Å². The maximum Gasteiger partial charge on any atom is 0.276 e. The third-order valence-electron chi connectivity index (χ3n) is 6.43. The molecule has 2 heterocycles. The van der Waals surface area contributed by atoms with Gasteiger partial charge in [0.25, 0.3) is 11.8 Å². The molecule has 0 bridgehead atoms. The van der Waals surface area contributed by atoms with Crippen molar-refractivity contribution in [3.8, 4) is 0 Å². The first-order chi connectivity index (χ1) is 16.9.